The van der Waals surface area contributed by atoms with Gasteiger partial charge in [-0.1, -0.05) is 0 Å². The third kappa shape index (κ3) is 2.55. The standard InChI is InChI=1S/C11H14N4S/c1-7-4-10(14-6-13-7)12-5-11-15-8(2)9(3)16-11/h4,6H,5H2,1-3H3,(H,12,13,14). The molecule has 0 amide bonds. The van der Waals surface area contributed by atoms with Gasteiger partial charge in [0.1, 0.15) is 17.2 Å². The number of hydrogen-bond acceptors (Lipinski definition) is 5. The van der Waals surface area contributed by atoms with Gasteiger partial charge in [0.15, 0.2) is 0 Å². The lowest BCUT2D eigenvalue weighted by molar-refractivity contribution is 1.03. The second-order valence-electron chi connectivity index (χ2n) is 3.65. The Labute approximate surface area is 98.8 Å². The quantitative estimate of drug-likeness (QED) is 0.886. The van der Waals surface area contributed by atoms with E-state index in [4.69, 9.17) is 0 Å². The molecular formula is C11H14N4S. The molecule has 0 aliphatic carbocycles. The summed E-state index contributed by atoms with van der Waals surface area (Å²) in [6.45, 7) is 6.79. The van der Waals surface area contributed by atoms with Crippen molar-refractivity contribution in [1.82, 2.24) is 15.0 Å². The lowest BCUT2D eigenvalue weighted by atomic mass is 10.4. The van der Waals surface area contributed by atoms with Crippen LogP contribution in [-0.2, 0) is 6.54 Å². The van der Waals surface area contributed by atoms with Crippen molar-refractivity contribution < 1.29 is 0 Å². The van der Waals surface area contributed by atoms with E-state index in [-0.39, 0.29) is 0 Å². The van der Waals surface area contributed by atoms with Crippen molar-refractivity contribution in [3.05, 3.63) is 33.7 Å². The topological polar surface area (TPSA) is 50.7 Å². The third-order valence-corrected chi connectivity index (χ3v) is 3.37. The average molecular weight is 234 g/mol. The molecule has 0 aliphatic rings. The highest BCUT2D eigenvalue weighted by molar-refractivity contribution is 7.11. The van der Waals surface area contributed by atoms with Gasteiger partial charge >= 0.3 is 0 Å². The molecule has 0 saturated heterocycles. The van der Waals surface area contributed by atoms with Gasteiger partial charge in [0.2, 0.25) is 0 Å². The number of nitrogens with zero attached hydrogens (tertiary/aromatic N) is 3. The van der Waals surface area contributed by atoms with Gasteiger partial charge < -0.3 is 5.32 Å². The minimum absolute atomic E-state index is 0.718. The predicted molar refractivity (Wildman–Crippen MR) is 65.7 cm³/mol. The fourth-order valence-electron chi connectivity index (χ4n) is 1.33. The molecule has 2 heterocycles. The summed E-state index contributed by atoms with van der Waals surface area (Å²) in [5, 5.41) is 4.33. The monoisotopic (exact) mass is 234 g/mol. The molecule has 5 heteroatoms. The minimum atomic E-state index is 0.718. The summed E-state index contributed by atoms with van der Waals surface area (Å²) >= 11 is 1.72. The summed E-state index contributed by atoms with van der Waals surface area (Å²) in [4.78, 5) is 13.9. The number of aromatic nitrogens is 3. The van der Waals surface area contributed by atoms with E-state index in [1.54, 1.807) is 17.7 Å². The maximum atomic E-state index is 4.46. The highest BCUT2D eigenvalue weighted by atomic mass is 32.1. The summed E-state index contributed by atoms with van der Waals surface area (Å²) in [6, 6.07) is 1.92. The minimum Gasteiger partial charge on any atom is -0.363 e. The number of aryl methyl sites for hydroxylation is 3. The molecule has 2 aromatic heterocycles. The summed E-state index contributed by atoms with van der Waals surface area (Å²) in [5.41, 5.74) is 2.07. The van der Waals surface area contributed by atoms with E-state index in [1.165, 1.54) is 4.88 Å². The molecule has 4 nitrogen and oxygen atoms in total. The Kier molecular flexibility index (Phi) is 3.14. The summed E-state index contributed by atoms with van der Waals surface area (Å²) in [7, 11) is 0. The van der Waals surface area contributed by atoms with E-state index >= 15 is 0 Å². The highest BCUT2D eigenvalue weighted by Gasteiger charge is 2.03. The molecule has 0 bridgehead atoms. The van der Waals surface area contributed by atoms with Gasteiger partial charge in [0, 0.05) is 16.6 Å². The van der Waals surface area contributed by atoms with Crippen molar-refractivity contribution in [2.24, 2.45) is 0 Å². The molecule has 2 rings (SSSR count). The van der Waals surface area contributed by atoms with Gasteiger partial charge in [-0.05, 0) is 20.8 Å². The third-order valence-electron chi connectivity index (χ3n) is 2.30. The van der Waals surface area contributed by atoms with Crippen LogP contribution in [0.4, 0.5) is 5.82 Å². The van der Waals surface area contributed by atoms with E-state index in [0.29, 0.717) is 0 Å². The Bertz CT molecular complexity index is 473. The molecule has 0 radical (unpaired) electrons. The Balaban J connectivity index is 2.02. The molecular weight excluding hydrogens is 220 g/mol. The van der Waals surface area contributed by atoms with Crippen molar-refractivity contribution >= 4 is 17.2 Å². The van der Waals surface area contributed by atoms with E-state index in [1.807, 2.05) is 19.9 Å². The molecule has 0 atom stereocenters. The van der Waals surface area contributed by atoms with Gasteiger partial charge in [-0.15, -0.1) is 11.3 Å². The first kappa shape index (κ1) is 11.0. The number of rotatable bonds is 3. The number of hydrogen-bond donors (Lipinski definition) is 1. The first-order valence-corrected chi connectivity index (χ1v) is 5.92. The maximum Gasteiger partial charge on any atom is 0.129 e. The van der Waals surface area contributed by atoms with E-state index in [9.17, 15) is 0 Å². The Morgan fingerprint density at radius 2 is 2.06 bits per heavy atom. The summed E-state index contributed by atoms with van der Waals surface area (Å²) in [6.07, 6.45) is 1.57. The summed E-state index contributed by atoms with van der Waals surface area (Å²) < 4.78 is 0. The van der Waals surface area contributed by atoms with Crippen LogP contribution in [0.15, 0.2) is 12.4 Å². The van der Waals surface area contributed by atoms with E-state index in [2.05, 4.69) is 27.2 Å². The van der Waals surface area contributed by atoms with Gasteiger partial charge in [-0.3, -0.25) is 0 Å². The van der Waals surface area contributed by atoms with Gasteiger partial charge in [0.25, 0.3) is 0 Å². The smallest absolute Gasteiger partial charge is 0.129 e. The second-order valence-corrected chi connectivity index (χ2v) is 4.94. The van der Waals surface area contributed by atoms with Crippen LogP contribution in [0.3, 0.4) is 0 Å². The average Bonchev–Trinajstić information content (AvgIpc) is 2.56. The predicted octanol–water partition coefficient (Wildman–Crippen LogP) is 2.47. The fraction of sp³-hybridized carbons (Fsp3) is 0.364. The molecule has 2 aromatic rings. The van der Waals surface area contributed by atoms with Crippen molar-refractivity contribution in [3.63, 3.8) is 0 Å². The molecule has 0 spiro atoms. The molecule has 0 fully saturated rings. The zero-order valence-electron chi connectivity index (χ0n) is 9.61. The van der Waals surface area contributed by atoms with Crippen LogP contribution in [0.2, 0.25) is 0 Å². The maximum absolute atomic E-state index is 4.46. The van der Waals surface area contributed by atoms with E-state index in [0.717, 1.165) is 28.8 Å². The highest BCUT2D eigenvalue weighted by Crippen LogP contribution is 2.17. The Morgan fingerprint density at radius 1 is 1.25 bits per heavy atom. The normalized spacial score (nSPS) is 10.4. The van der Waals surface area contributed by atoms with Gasteiger partial charge in [-0.25, -0.2) is 15.0 Å². The lowest BCUT2D eigenvalue weighted by Crippen LogP contribution is -2.01. The zero-order chi connectivity index (χ0) is 11.5. The molecule has 0 aliphatic heterocycles. The van der Waals surface area contributed by atoms with E-state index < -0.39 is 0 Å². The molecule has 0 aromatic carbocycles. The van der Waals surface area contributed by atoms with Crippen LogP contribution in [0, 0.1) is 20.8 Å². The first-order valence-electron chi connectivity index (χ1n) is 5.10. The van der Waals surface area contributed by atoms with Gasteiger partial charge in [-0.2, -0.15) is 0 Å². The number of anilines is 1. The van der Waals surface area contributed by atoms with Crippen LogP contribution in [0.5, 0.6) is 0 Å². The Hall–Kier alpha value is -1.49. The largest absolute Gasteiger partial charge is 0.363 e. The fourth-order valence-corrected chi connectivity index (χ4v) is 2.21. The molecule has 0 unspecified atom stereocenters. The van der Waals surface area contributed by atoms with Crippen molar-refractivity contribution in [2.45, 2.75) is 27.3 Å². The van der Waals surface area contributed by atoms with Gasteiger partial charge in [0.05, 0.1) is 12.2 Å². The van der Waals surface area contributed by atoms with Crippen LogP contribution in [0.25, 0.3) is 0 Å². The zero-order valence-corrected chi connectivity index (χ0v) is 10.4. The van der Waals surface area contributed by atoms with Crippen LogP contribution < -0.4 is 5.32 Å². The van der Waals surface area contributed by atoms with Crippen molar-refractivity contribution in [2.75, 3.05) is 5.32 Å². The first-order chi connectivity index (χ1) is 7.65. The van der Waals surface area contributed by atoms with Crippen molar-refractivity contribution in [3.8, 4) is 0 Å². The van der Waals surface area contributed by atoms with Crippen LogP contribution >= 0.6 is 11.3 Å². The molecule has 0 saturated carbocycles. The second kappa shape index (κ2) is 4.57. The molecule has 84 valence electrons. The molecule has 16 heavy (non-hydrogen) atoms. The number of nitrogens with one attached hydrogen (secondary N) is 1. The lowest BCUT2D eigenvalue weighted by Gasteiger charge is -2.02. The SMILES string of the molecule is Cc1cc(NCc2nc(C)c(C)s2)ncn1. The van der Waals surface area contributed by atoms with Crippen LogP contribution in [-0.4, -0.2) is 15.0 Å². The van der Waals surface area contributed by atoms with Crippen molar-refractivity contribution in [1.29, 1.82) is 0 Å². The molecule has 1 N–H and O–H groups in total. The van der Waals surface area contributed by atoms with Crippen LogP contribution in [0.1, 0.15) is 21.3 Å². The number of thiazole rings is 1. The Morgan fingerprint density at radius 3 is 2.69 bits per heavy atom. The summed E-state index contributed by atoms with van der Waals surface area (Å²) in [5.74, 6) is 0.845.